The second kappa shape index (κ2) is 4.67. The highest BCUT2D eigenvalue weighted by molar-refractivity contribution is 5.76. The van der Waals surface area contributed by atoms with Gasteiger partial charge in [-0.05, 0) is 12.1 Å². The lowest BCUT2D eigenvalue weighted by Gasteiger charge is -2.20. The lowest BCUT2D eigenvalue weighted by Crippen LogP contribution is -2.36. The molecule has 0 amide bonds. The molecule has 1 aromatic heterocycles. The van der Waals surface area contributed by atoms with E-state index in [1.165, 1.54) is 7.11 Å². The molecule has 1 N–H and O–H groups in total. The van der Waals surface area contributed by atoms with Crippen LogP contribution in [0.4, 0.5) is 0 Å². The summed E-state index contributed by atoms with van der Waals surface area (Å²) < 4.78 is 9.93. The van der Waals surface area contributed by atoms with Gasteiger partial charge in [0.2, 0.25) is 0 Å². The van der Waals surface area contributed by atoms with Gasteiger partial charge >= 0.3 is 5.97 Å². The van der Waals surface area contributed by atoms with Gasteiger partial charge in [-0.15, -0.1) is 0 Å². The number of carbonyl (C=O) groups excluding carboxylic acids is 1. The van der Waals surface area contributed by atoms with Gasteiger partial charge in [0, 0.05) is 13.0 Å². The lowest BCUT2D eigenvalue weighted by molar-refractivity contribution is -0.146. The summed E-state index contributed by atoms with van der Waals surface area (Å²) in [6.07, 6.45) is 1.54. The molecule has 0 saturated carbocycles. The van der Waals surface area contributed by atoms with E-state index in [1.54, 1.807) is 12.3 Å². The molecule has 5 heteroatoms. The normalized spacial score (nSPS) is 25.9. The van der Waals surface area contributed by atoms with Crippen molar-refractivity contribution in [2.75, 3.05) is 13.7 Å². The second-order valence-electron chi connectivity index (χ2n) is 3.94. The highest BCUT2D eigenvalue weighted by Gasteiger charge is 2.36. The molecule has 1 aliphatic rings. The van der Waals surface area contributed by atoms with Gasteiger partial charge in [0.15, 0.2) is 0 Å². The maximum atomic E-state index is 11.5. The number of likely N-dealkylation sites (tertiary alicyclic amines) is 1. The molecule has 0 aromatic carbocycles. The standard InChI is InChI=1S/C11H15NO4/c1-15-11(14)10-5-8(13)6-12(10)7-9-3-2-4-16-9/h2-4,8,10,13H,5-7H2,1H3/t8-,10-/m0/s1. The van der Waals surface area contributed by atoms with Gasteiger partial charge in [0.1, 0.15) is 11.8 Å². The Balaban J connectivity index is 2.04. The molecule has 0 bridgehead atoms. The Morgan fingerprint density at radius 2 is 2.56 bits per heavy atom. The number of hydrogen-bond acceptors (Lipinski definition) is 5. The molecule has 5 nitrogen and oxygen atoms in total. The van der Waals surface area contributed by atoms with Gasteiger partial charge in [-0.2, -0.15) is 0 Å². The quantitative estimate of drug-likeness (QED) is 0.754. The van der Waals surface area contributed by atoms with E-state index in [1.807, 2.05) is 11.0 Å². The summed E-state index contributed by atoms with van der Waals surface area (Å²) >= 11 is 0. The molecular formula is C11H15NO4. The van der Waals surface area contributed by atoms with Gasteiger partial charge < -0.3 is 14.3 Å². The van der Waals surface area contributed by atoms with Gasteiger partial charge in [-0.25, -0.2) is 0 Å². The molecular weight excluding hydrogens is 210 g/mol. The van der Waals surface area contributed by atoms with Crippen LogP contribution in [0.1, 0.15) is 12.2 Å². The highest BCUT2D eigenvalue weighted by Crippen LogP contribution is 2.21. The zero-order valence-electron chi connectivity index (χ0n) is 9.13. The van der Waals surface area contributed by atoms with E-state index < -0.39 is 6.10 Å². The van der Waals surface area contributed by atoms with Crippen molar-refractivity contribution in [1.82, 2.24) is 4.90 Å². The van der Waals surface area contributed by atoms with Crippen molar-refractivity contribution in [3.05, 3.63) is 24.2 Å². The second-order valence-corrected chi connectivity index (χ2v) is 3.94. The van der Waals surface area contributed by atoms with Gasteiger partial charge in [-0.3, -0.25) is 9.69 Å². The SMILES string of the molecule is COC(=O)[C@@H]1C[C@H](O)CN1Cc1ccco1. The minimum Gasteiger partial charge on any atom is -0.468 e. The van der Waals surface area contributed by atoms with Crippen molar-refractivity contribution >= 4 is 5.97 Å². The topological polar surface area (TPSA) is 62.9 Å². The summed E-state index contributed by atoms with van der Waals surface area (Å²) in [5, 5.41) is 9.56. The molecule has 88 valence electrons. The predicted molar refractivity (Wildman–Crippen MR) is 55.5 cm³/mol. The zero-order valence-corrected chi connectivity index (χ0v) is 9.13. The third-order valence-corrected chi connectivity index (χ3v) is 2.79. The van der Waals surface area contributed by atoms with Crippen LogP contribution in [-0.2, 0) is 16.1 Å². The number of carbonyl (C=O) groups is 1. The van der Waals surface area contributed by atoms with Crippen molar-refractivity contribution in [3.63, 3.8) is 0 Å². The van der Waals surface area contributed by atoms with E-state index in [9.17, 15) is 9.90 Å². The third kappa shape index (κ3) is 2.25. The number of ether oxygens (including phenoxy) is 1. The first kappa shape index (κ1) is 11.2. The van der Waals surface area contributed by atoms with E-state index in [0.717, 1.165) is 5.76 Å². The third-order valence-electron chi connectivity index (χ3n) is 2.79. The summed E-state index contributed by atoms with van der Waals surface area (Å²) in [5.74, 6) is 0.478. The molecule has 1 aromatic rings. The van der Waals surface area contributed by atoms with Gasteiger partial charge in [0.05, 0.1) is 26.0 Å². The predicted octanol–water partition coefficient (Wildman–Crippen LogP) is 0.388. The smallest absolute Gasteiger partial charge is 0.323 e. The Hall–Kier alpha value is -1.33. The van der Waals surface area contributed by atoms with Crippen LogP contribution in [0.15, 0.2) is 22.8 Å². The van der Waals surface area contributed by atoms with E-state index in [-0.39, 0.29) is 12.0 Å². The molecule has 2 rings (SSSR count). The fraction of sp³-hybridized carbons (Fsp3) is 0.545. The molecule has 16 heavy (non-hydrogen) atoms. The Morgan fingerprint density at radius 3 is 3.19 bits per heavy atom. The molecule has 1 fully saturated rings. The Bertz CT molecular complexity index is 349. The monoisotopic (exact) mass is 225 g/mol. The number of furan rings is 1. The van der Waals surface area contributed by atoms with Crippen LogP contribution < -0.4 is 0 Å². The minimum atomic E-state index is -0.473. The summed E-state index contributed by atoms with van der Waals surface area (Å²) in [7, 11) is 1.36. The minimum absolute atomic E-state index is 0.303. The maximum absolute atomic E-state index is 11.5. The zero-order chi connectivity index (χ0) is 11.5. The number of rotatable bonds is 3. The summed E-state index contributed by atoms with van der Waals surface area (Å²) in [6, 6.07) is 3.28. The average Bonchev–Trinajstić information content (AvgIpc) is 2.88. The number of β-amino-alcohol motifs (C(OH)–C–C–N with tert-alkyl or cyclic N) is 1. The maximum Gasteiger partial charge on any atom is 0.323 e. The molecule has 0 unspecified atom stereocenters. The summed E-state index contributed by atoms with van der Waals surface area (Å²) in [5.41, 5.74) is 0. The lowest BCUT2D eigenvalue weighted by atomic mass is 10.2. The van der Waals surface area contributed by atoms with Crippen LogP contribution in [0.5, 0.6) is 0 Å². The van der Waals surface area contributed by atoms with Crippen molar-refractivity contribution in [2.24, 2.45) is 0 Å². The molecule has 2 heterocycles. The van der Waals surface area contributed by atoms with Crippen LogP contribution in [-0.4, -0.2) is 41.8 Å². The van der Waals surface area contributed by atoms with Crippen LogP contribution >= 0.6 is 0 Å². The molecule has 0 spiro atoms. The highest BCUT2D eigenvalue weighted by atomic mass is 16.5. The van der Waals surface area contributed by atoms with Crippen LogP contribution in [0.2, 0.25) is 0 Å². The molecule has 1 aliphatic heterocycles. The molecule has 0 aliphatic carbocycles. The first-order chi connectivity index (χ1) is 7.70. The number of methoxy groups -OCH3 is 1. The summed E-state index contributed by atoms with van der Waals surface area (Å²) in [4.78, 5) is 13.4. The van der Waals surface area contributed by atoms with Crippen molar-refractivity contribution in [2.45, 2.75) is 25.1 Å². The molecule has 1 saturated heterocycles. The fourth-order valence-electron chi connectivity index (χ4n) is 2.04. The Kier molecular flexibility index (Phi) is 3.26. The van der Waals surface area contributed by atoms with Crippen LogP contribution in [0.25, 0.3) is 0 Å². The van der Waals surface area contributed by atoms with E-state index in [4.69, 9.17) is 9.15 Å². The van der Waals surface area contributed by atoms with E-state index in [0.29, 0.717) is 19.5 Å². The largest absolute Gasteiger partial charge is 0.468 e. The first-order valence-corrected chi connectivity index (χ1v) is 5.23. The van der Waals surface area contributed by atoms with Crippen molar-refractivity contribution in [3.8, 4) is 0 Å². The van der Waals surface area contributed by atoms with Gasteiger partial charge in [0.25, 0.3) is 0 Å². The van der Waals surface area contributed by atoms with Crippen LogP contribution in [0, 0.1) is 0 Å². The van der Waals surface area contributed by atoms with E-state index in [2.05, 4.69) is 0 Å². The fourth-order valence-corrected chi connectivity index (χ4v) is 2.04. The summed E-state index contributed by atoms with van der Waals surface area (Å²) in [6.45, 7) is 0.990. The number of hydrogen-bond donors (Lipinski definition) is 1. The van der Waals surface area contributed by atoms with Crippen LogP contribution in [0.3, 0.4) is 0 Å². The Labute approximate surface area is 93.6 Å². The van der Waals surface area contributed by atoms with Crippen molar-refractivity contribution < 1.29 is 19.1 Å². The average molecular weight is 225 g/mol. The first-order valence-electron chi connectivity index (χ1n) is 5.23. The number of esters is 1. The van der Waals surface area contributed by atoms with E-state index >= 15 is 0 Å². The Morgan fingerprint density at radius 1 is 1.75 bits per heavy atom. The number of nitrogens with zero attached hydrogens (tertiary/aromatic N) is 1. The van der Waals surface area contributed by atoms with Gasteiger partial charge in [-0.1, -0.05) is 0 Å². The molecule has 2 atom stereocenters. The number of aliphatic hydroxyl groups is 1. The number of aliphatic hydroxyl groups excluding tert-OH is 1. The van der Waals surface area contributed by atoms with Crippen molar-refractivity contribution in [1.29, 1.82) is 0 Å². The molecule has 0 radical (unpaired) electrons.